The summed E-state index contributed by atoms with van der Waals surface area (Å²) in [5.74, 6) is -5.88. The maximum atomic E-state index is 13.6. The third-order valence-corrected chi connectivity index (χ3v) is 6.94. The van der Waals surface area contributed by atoms with Crippen LogP contribution in [0.15, 0.2) is 60.8 Å². The molecular weight excluding hydrogens is 572 g/mol. The fraction of sp³-hybridized carbons (Fsp3) is 0.333. The molecule has 1 aromatic heterocycles. The maximum Gasteiger partial charge on any atom is 0.326 e. The standard InChI is InChI=1S/C30H36N6O8/c31-20(14-17-6-2-1-3-7-17)27(40)36-24(15-18-16-33-21-9-5-4-8-19(18)21)29(42)34-22(10-12-25(32)37)28(41)35-23(30(43)44)11-13-26(38)39/h1-9,16,20,22-24,33H,10-15,31H2,(H2,32,37)(H,34,42)(H,35,41)(H,36,40)(H,38,39)(H,43,44). The number of carboxylic acid groups (broad SMARTS) is 2. The molecule has 2 aromatic carbocycles. The van der Waals surface area contributed by atoms with E-state index < -0.39 is 72.6 Å². The number of para-hydroxylation sites is 1. The number of primary amides is 1. The lowest BCUT2D eigenvalue weighted by atomic mass is 10.0. The van der Waals surface area contributed by atoms with Crippen LogP contribution in [0, 0.1) is 0 Å². The van der Waals surface area contributed by atoms with Gasteiger partial charge in [0.25, 0.3) is 0 Å². The van der Waals surface area contributed by atoms with Crippen LogP contribution in [0.3, 0.4) is 0 Å². The maximum absolute atomic E-state index is 13.6. The van der Waals surface area contributed by atoms with Gasteiger partial charge < -0.3 is 42.6 Å². The second kappa shape index (κ2) is 15.8. The Kier molecular flexibility index (Phi) is 12.0. The SMILES string of the molecule is NC(=O)CCC(NC(=O)C(Cc1c[nH]c2ccccc12)NC(=O)C(N)Cc1ccccc1)C(=O)NC(CCC(=O)O)C(=O)O. The van der Waals surface area contributed by atoms with E-state index in [0.717, 1.165) is 16.5 Å². The van der Waals surface area contributed by atoms with Gasteiger partial charge in [0, 0.05) is 36.4 Å². The lowest BCUT2D eigenvalue weighted by molar-refractivity contribution is -0.143. The minimum atomic E-state index is -1.57. The average Bonchev–Trinajstić information content (AvgIpc) is 3.39. The van der Waals surface area contributed by atoms with Crippen molar-refractivity contribution in [2.24, 2.45) is 11.5 Å². The molecule has 3 rings (SSSR count). The first kappa shape index (κ1) is 33.3. The highest BCUT2D eigenvalue weighted by molar-refractivity contribution is 5.95. The van der Waals surface area contributed by atoms with E-state index in [2.05, 4.69) is 20.9 Å². The predicted molar refractivity (Wildman–Crippen MR) is 159 cm³/mol. The Balaban J connectivity index is 1.83. The highest BCUT2D eigenvalue weighted by atomic mass is 16.4. The highest BCUT2D eigenvalue weighted by Gasteiger charge is 2.31. The Morgan fingerprint density at radius 1 is 0.727 bits per heavy atom. The van der Waals surface area contributed by atoms with Crippen LogP contribution >= 0.6 is 0 Å². The van der Waals surface area contributed by atoms with Crippen molar-refractivity contribution in [1.29, 1.82) is 0 Å². The Bertz CT molecular complexity index is 1490. The third-order valence-electron chi connectivity index (χ3n) is 6.94. The molecule has 0 aliphatic carbocycles. The molecule has 0 saturated heterocycles. The smallest absolute Gasteiger partial charge is 0.326 e. The lowest BCUT2D eigenvalue weighted by Crippen LogP contribution is -2.58. The van der Waals surface area contributed by atoms with E-state index in [1.54, 1.807) is 18.3 Å². The van der Waals surface area contributed by atoms with Crippen molar-refractivity contribution in [2.45, 2.75) is 62.7 Å². The van der Waals surface area contributed by atoms with Crippen LogP contribution in [-0.2, 0) is 41.6 Å². The molecule has 1 heterocycles. The molecule has 0 saturated carbocycles. The van der Waals surface area contributed by atoms with Crippen molar-refractivity contribution >= 4 is 46.5 Å². The molecule has 4 atom stereocenters. The molecule has 0 fully saturated rings. The number of carboxylic acids is 2. The summed E-state index contributed by atoms with van der Waals surface area (Å²) >= 11 is 0. The molecule has 3 aromatic rings. The molecule has 4 amide bonds. The van der Waals surface area contributed by atoms with E-state index in [4.69, 9.17) is 16.6 Å². The van der Waals surface area contributed by atoms with Gasteiger partial charge in [0.15, 0.2) is 0 Å². The van der Waals surface area contributed by atoms with Crippen LogP contribution in [0.1, 0.15) is 36.8 Å². The van der Waals surface area contributed by atoms with Crippen molar-refractivity contribution in [3.63, 3.8) is 0 Å². The van der Waals surface area contributed by atoms with Crippen molar-refractivity contribution in [1.82, 2.24) is 20.9 Å². The molecule has 0 radical (unpaired) electrons. The van der Waals surface area contributed by atoms with E-state index in [0.29, 0.717) is 5.56 Å². The van der Waals surface area contributed by atoms with Gasteiger partial charge in [-0.2, -0.15) is 0 Å². The van der Waals surface area contributed by atoms with Gasteiger partial charge >= 0.3 is 11.9 Å². The molecule has 0 aliphatic heterocycles. The largest absolute Gasteiger partial charge is 0.481 e. The summed E-state index contributed by atoms with van der Waals surface area (Å²) in [4.78, 5) is 77.1. The average molecular weight is 609 g/mol. The van der Waals surface area contributed by atoms with Crippen LogP contribution in [-0.4, -0.2) is 74.9 Å². The van der Waals surface area contributed by atoms with Gasteiger partial charge in [0.2, 0.25) is 23.6 Å². The van der Waals surface area contributed by atoms with Gasteiger partial charge in [-0.25, -0.2) is 4.79 Å². The summed E-state index contributed by atoms with van der Waals surface area (Å²) in [5.41, 5.74) is 13.7. The third kappa shape index (κ3) is 9.94. The molecule has 14 nitrogen and oxygen atoms in total. The van der Waals surface area contributed by atoms with Gasteiger partial charge in [0.05, 0.1) is 6.04 Å². The van der Waals surface area contributed by atoms with Gasteiger partial charge in [-0.15, -0.1) is 0 Å². The number of H-pyrrole nitrogens is 1. The number of nitrogens with one attached hydrogen (secondary N) is 4. The molecule has 4 unspecified atom stereocenters. The number of hydrogen-bond donors (Lipinski definition) is 8. The zero-order valence-corrected chi connectivity index (χ0v) is 23.8. The minimum Gasteiger partial charge on any atom is -0.481 e. The number of nitrogens with two attached hydrogens (primary N) is 2. The van der Waals surface area contributed by atoms with E-state index in [-0.39, 0.29) is 25.7 Å². The summed E-state index contributed by atoms with van der Waals surface area (Å²) in [6, 6.07) is 11.2. The van der Waals surface area contributed by atoms with Crippen molar-refractivity contribution < 1.29 is 39.0 Å². The number of carbonyl (C=O) groups excluding carboxylic acids is 4. The van der Waals surface area contributed by atoms with Crippen LogP contribution in [0.4, 0.5) is 0 Å². The Morgan fingerprint density at radius 2 is 1.32 bits per heavy atom. The molecular formula is C30H36N6O8. The normalized spacial score (nSPS) is 13.7. The van der Waals surface area contributed by atoms with Gasteiger partial charge in [0.1, 0.15) is 18.1 Å². The van der Waals surface area contributed by atoms with E-state index in [1.165, 1.54) is 0 Å². The van der Waals surface area contributed by atoms with Gasteiger partial charge in [-0.1, -0.05) is 48.5 Å². The van der Waals surface area contributed by atoms with E-state index in [1.807, 2.05) is 42.5 Å². The van der Waals surface area contributed by atoms with Gasteiger partial charge in [-0.3, -0.25) is 24.0 Å². The zero-order chi connectivity index (χ0) is 32.2. The Morgan fingerprint density at radius 3 is 1.98 bits per heavy atom. The summed E-state index contributed by atoms with van der Waals surface area (Å²) in [6.07, 6.45) is 0.345. The summed E-state index contributed by atoms with van der Waals surface area (Å²) in [7, 11) is 0. The first-order chi connectivity index (χ1) is 20.9. The summed E-state index contributed by atoms with van der Waals surface area (Å²) < 4.78 is 0. The number of benzene rings is 2. The van der Waals surface area contributed by atoms with E-state index >= 15 is 0 Å². The second-order valence-electron chi connectivity index (χ2n) is 10.3. The van der Waals surface area contributed by atoms with Crippen LogP contribution in [0.2, 0.25) is 0 Å². The van der Waals surface area contributed by atoms with Crippen molar-refractivity contribution in [3.8, 4) is 0 Å². The van der Waals surface area contributed by atoms with Crippen LogP contribution in [0.5, 0.6) is 0 Å². The number of aromatic amines is 1. The molecule has 0 aliphatic rings. The molecule has 0 spiro atoms. The van der Waals surface area contributed by atoms with Crippen molar-refractivity contribution in [2.75, 3.05) is 0 Å². The number of fused-ring (bicyclic) bond motifs is 1. The summed E-state index contributed by atoms with van der Waals surface area (Å²) in [5, 5.41) is 26.6. The number of aliphatic carboxylic acids is 2. The molecule has 10 N–H and O–H groups in total. The van der Waals surface area contributed by atoms with Crippen LogP contribution < -0.4 is 27.4 Å². The Hall–Kier alpha value is -5.24. The quantitative estimate of drug-likeness (QED) is 0.102. The zero-order valence-electron chi connectivity index (χ0n) is 23.8. The van der Waals surface area contributed by atoms with Gasteiger partial charge in [-0.05, 0) is 36.5 Å². The van der Waals surface area contributed by atoms with E-state index in [9.17, 15) is 33.9 Å². The molecule has 234 valence electrons. The number of carbonyl (C=O) groups is 6. The number of rotatable bonds is 17. The number of hydrogen-bond acceptors (Lipinski definition) is 7. The molecule has 44 heavy (non-hydrogen) atoms. The monoisotopic (exact) mass is 608 g/mol. The minimum absolute atomic E-state index is 0.000163. The fourth-order valence-electron chi connectivity index (χ4n) is 4.59. The number of aromatic nitrogens is 1. The van der Waals surface area contributed by atoms with Crippen molar-refractivity contribution in [3.05, 3.63) is 71.9 Å². The fourth-order valence-corrected chi connectivity index (χ4v) is 4.59. The lowest BCUT2D eigenvalue weighted by Gasteiger charge is -2.25. The topological polar surface area (TPSA) is 247 Å². The first-order valence-corrected chi connectivity index (χ1v) is 13.9. The predicted octanol–water partition coefficient (Wildman–Crippen LogP) is -0.0503. The molecule has 14 heteroatoms. The summed E-state index contributed by atoms with van der Waals surface area (Å²) in [6.45, 7) is 0. The highest BCUT2D eigenvalue weighted by Crippen LogP contribution is 2.19. The first-order valence-electron chi connectivity index (χ1n) is 13.9. The second-order valence-corrected chi connectivity index (χ2v) is 10.3. The van der Waals surface area contributed by atoms with Crippen LogP contribution in [0.25, 0.3) is 10.9 Å². The Labute approximate surface area is 252 Å². The molecule has 0 bridgehead atoms. The number of amides is 4.